The molecule has 0 aromatic heterocycles. The van der Waals surface area contributed by atoms with Crippen LogP contribution in [0.2, 0.25) is 0 Å². The van der Waals surface area contributed by atoms with E-state index >= 15 is 0 Å². The summed E-state index contributed by atoms with van der Waals surface area (Å²) in [7, 11) is 1.42. The van der Waals surface area contributed by atoms with Gasteiger partial charge in [0.2, 0.25) is 0 Å². The predicted octanol–water partition coefficient (Wildman–Crippen LogP) is 0.819. The lowest BCUT2D eigenvalue weighted by atomic mass is 10.1. The van der Waals surface area contributed by atoms with Crippen LogP contribution in [0.5, 0.6) is 0 Å². The van der Waals surface area contributed by atoms with E-state index < -0.39 is 0 Å². The van der Waals surface area contributed by atoms with Crippen molar-refractivity contribution in [2.45, 2.75) is 37.9 Å². The van der Waals surface area contributed by atoms with Gasteiger partial charge >= 0.3 is 5.97 Å². The van der Waals surface area contributed by atoms with Crippen molar-refractivity contribution < 1.29 is 19.0 Å². The minimum atomic E-state index is -0.194. The molecule has 2 aliphatic heterocycles. The highest BCUT2D eigenvalue weighted by Gasteiger charge is 2.24. The Morgan fingerprint density at radius 3 is 2.89 bits per heavy atom. The monoisotopic (exact) mass is 257 g/mol. The summed E-state index contributed by atoms with van der Waals surface area (Å²) in [5, 5.41) is 0. The normalized spacial score (nSPS) is 29.4. The van der Waals surface area contributed by atoms with E-state index in [4.69, 9.17) is 9.47 Å². The van der Waals surface area contributed by atoms with E-state index in [0.29, 0.717) is 19.1 Å². The van der Waals surface area contributed by atoms with Crippen LogP contribution in [0, 0.1) is 0 Å². The molecule has 2 rings (SSSR count). The predicted molar refractivity (Wildman–Crippen MR) is 66.4 cm³/mol. The number of morpholine rings is 1. The third kappa shape index (κ3) is 4.23. The average Bonchev–Trinajstić information content (AvgIpc) is 2.90. The van der Waals surface area contributed by atoms with Gasteiger partial charge in [-0.15, -0.1) is 0 Å². The van der Waals surface area contributed by atoms with Crippen molar-refractivity contribution in [2.75, 3.05) is 40.0 Å². The van der Waals surface area contributed by atoms with Gasteiger partial charge in [0, 0.05) is 26.2 Å². The van der Waals surface area contributed by atoms with Crippen LogP contribution in [0.1, 0.15) is 25.7 Å². The van der Waals surface area contributed by atoms with E-state index in [2.05, 4.69) is 9.64 Å². The Morgan fingerprint density at radius 2 is 2.17 bits per heavy atom. The van der Waals surface area contributed by atoms with Crippen LogP contribution in [-0.2, 0) is 19.0 Å². The van der Waals surface area contributed by atoms with Crippen molar-refractivity contribution in [1.82, 2.24) is 4.90 Å². The first-order valence-electron chi connectivity index (χ1n) is 6.80. The molecule has 0 radical (unpaired) electrons. The summed E-state index contributed by atoms with van der Waals surface area (Å²) in [6.07, 6.45) is 4.25. The maximum atomic E-state index is 11.2. The van der Waals surface area contributed by atoms with E-state index in [9.17, 15) is 4.79 Å². The molecule has 2 atom stereocenters. The molecule has 0 N–H and O–H groups in total. The first kappa shape index (κ1) is 13.8. The Balaban J connectivity index is 1.67. The summed E-state index contributed by atoms with van der Waals surface area (Å²) in [4.78, 5) is 13.6. The molecule has 2 saturated heterocycles. The first-order chi connectivity index (χ1) is 8.78. The largest absolute Gasteiger partial charge is 0.469 e. The summed E-state index contributed by atoms with van der Waals surface area (Å²) >= 11 is 0. The highest BCUT2D eigenvalue weighted by molar-refractivity contribution is 5.69. The molecular formula is C13H23NO4. The number of methoxy groups -OCH3 is 1. The molecule has 0 bridgehead atoms. The number of carbonyl (C=O) groups is 1. The van der Waals surface area contributed by atoms with Crippen LogP contribution in [0.3, 0.4) is 0 Å². The van der Waals surface area contributed by atoms with Crippen LogP contribution in [0.4, 0.5) is 0 Å². The molecule has 0 amide bonds. The number of carbonyl (C=O) groups excluding carboxylic acids is 1. The standard InChI is InChI=1S/C13H23NO4/c1-16-13(15)9-12-10-14(6-8-18-12)5-4-11-3-2-7-17-11/h11-12H,2-10H2,1H3. The number of rotatable bonds is 5. The minimum Gasteiger partial charge on any atom is -0.469 e. The van der Waals surface area contributed by atoms with Gasteiger partial charge in [0.1, 0.15) is 0 Å². The maximum absolute atomic E-state index is 11.2. The summed E-state index contributed by atoms with van der Waals surface area (Å²) in [5.41, 5.74) is 0. The second-order valence-corrected chi connectivity index (χ2v) is 5.00. The van der Waals surface area contributed by atoms with Crippen LogP contribution in [0.25, 0.3) is 0 Å². The fourth-order valence-corrected chi connectivity index (χ4v) is 2.57. The summed E-state index contributed by atoms with van der Waals surface area (Å²) in [6, 6.07) is 0. The zero-order valence-corrected chi connectivity index (χ0v) is 11.1. The van der Waals surface area contributed by atoms with Gasteiger partial charge < -0.3 is 14.2 Å². The molecule has 5 nitrogen and oxygen atoms in total. The number of hydrogen-bond donors (Lipinski definition) is 0. The maximum Gasteiger partial charge on any atom is 0.308 e. The van der Waals surface area contributed by atoms with Crippen molar-refractivity contribution in [3.8, 4) is 0 Å². The Bertz CT molecular complexity index is 266. The molecule has 0 aromatic rings. The molecule has 0 saturated carbocycles. The lowest BCUT2D eigenvalue weighted by Gasteiger charge is -2.32. The van der Waals surface area contributed by atoms with Crippen molar-refractivity contribution in [3.05, 3.63) is 0 Å². The summed E-state index contributed by atoms with van der Waals surface area (Å²) in [5.74, 6) is -0.194. The van der Waals surface area contributed by atoms with Gasteiger partial charge in [-0.25, -0.2) is 0 Å². The zero-order valence-electron chi connectivity index (χ0n) is 11.1. The quantitative estimate of drug-likeness (QED) is 0.682. The summed E-state index contributed by atoms with van der Waals surface area (Å²) < 4.78 is 15.9. The van der Waals surface area contributed by atoms with E-state index in [-0.39, 0.29) is 12.1 Å². The number of nitrogens with zero attached hydrogens (tertiary/aromatic N) is 1. The first-order valence-corrected chi connectivity index (χ1v) is 6.80. The lowest BCUT2D eigenvalue weighted by Crippen LogP contribution is -2.44. The SMILES string of the molecule is COC(=O)CC1CN(CCC2CCCO2)CCO1. The highest BCUT2D eigenvalue weighted by atomic mass is 16.5. The molecule has 2 unspecified atom stereocenters. The molecule has 5 heteroatoms. The van der Waals surface area contributed by atoms with Gasteiger partial charge in [-0.2, -0.15) is 0 Å². The van der Waals surface area contributed by atoms with Gasteiger partial charge in [-0.05, 0) is 19.3 Å². The molecular weight excluding hydrogens is 234 g/mol. The molecule has 2 fully saturated rings. The van der Waals surface area contributed by atoms with Crippen LogP contribution in [-0.4, -0.2) is 63.0 Å². The van der Waals surface area contributed by atoms with Crippen LogP contribution >= 0.6 is 0 Å². The Labute approximate surface area is 108 Å². The van der Waals surface area contributed by atoms with Crippen LogP contribution < -0.4 is 0 Å². The van der Waals surface area contributed by atoms with Gasteiger partial charge in [0.15, 0.2) is 0 Å². The smallest absolute Gasteiger partial charge is 0.308 e. The van der Waals surface area contributed by atoms with Gasteiger partial charge in [-0.3, -0.25) is 9.69 Å². The molecule has 0 spiro atoms. The molecule has 2 aliphatic rings. The Kier molecular flexibility index (Phi) is 5.41. The van der Waals surface area contributed by atoms with Gasteiger partial charge in [0.25, 0.3) is 0 Å². The lowest BCUT2D eigenvalue weighted by molar-refractivity contribution is -0.145. The fourth-order valence-electron chi connectivity index (χ4n) is 2.57. The Hall–Kier alpha value is -0.650. The van der Waals surface area contributed by atoms with Crippen molar-refractivity contribution in [2.24, 2.45) is 0 Å². The van der Waals surface area contributed by atoms with Crippen molar-refractivity contribution in [1.29, 1.82) is 0 Å². The summed E-state index contributed by atoms with van der Waals surface area (Å²) in [6.45, 7) is 4.42. The highest BCUT2D eigenvalue weighted by Crippen LogP contribution is 2.17. The molecule has 18 heavy (non-hydrogen) atoms. The number of hydrogen-bond acceptors (Lipinski definition) is 5. The van der Waals surface area contributed by atoms with Gasteiger partial charge in [-0.1, -0.05) is 0 Å². The van der Waals surface area contributed by atoms with Crippen molar-refractivity contribution in [3.63, 3.8) is 0 Å². The second-order valence-electron chi connectivity index (χ2n) is 5.00. The molecule has 0 aromatic carbocycles. The second kappa shape index (κ2) is 7.07. The number of esters is 1. The van der Waals surface area contributed by atoms with Crippen molar-refractivity contribution >= 4 is 5.97 Å². The van der Waals surface area contributed by atoms with Crippen LogP contribution in [0.15, 0.2) is 0 Å². The van der Waals surface area contributed by atoms with E-state index in [1.165, 1.54) is 20.0 Å². The Morgan fingerprint density at radius 1 is 1.33 bits per heavy atom. The van der Waals surface area contributed by atoms with Gasteiger partial charge in [0.05, 0.1) is 32.3 Å². The third-order valence-electron chi connectivity index (χ3n) is 3.64. The topological polar surface area (TPSA) is 48.0 Å². The minimum absolute atomic E-state index is 0.0179. The van der Waals surface area contributed by atoms with E-state index in [1.54, 1.807) is 0 Å². The average molecular weight is 257 g/mol. The number of ether oxygens (including phenoxy) is 3. The van der Waals surface area contributed by atoms with E-state index in [1.807, 2.05) is 0 Å². The van der Waals surface area contributed by atoms with E-state index in [0.717, 1.165) is 32.7 Å². The fraction of sp³-hybridized carbons (Fsp3) is 0.923. The molecule has 2 heterocycles. The zero-order chi connectivity index (χ0) is 12.8. The molecule has 104 valence electrons. The third-order valence-corrected chi connectivity index (χ3v) is 3.64. The molecule has 0 aliphatic carbocycles.